The smallest absolute Gasteiger partial charge is 0.0442 e. The van der Waals surface area contributed by atoms with Gasteiger partial charge in [-0.3, -0.25) is 0 Å². The quantitative estimate of drug-likeness (QED) is 0.604. The maximum atomic E-state index is 2.27. The van der Waals surface area contributed by atoms with E-state index in [-0.39, 0.29) is 0 Å². The summed E-state index contributed by atoms with van der Waals surface area (Å²) in [6.07, 6.45) is 4.38. The minimum absolute atomic E-state index is 1.02. The molecule has 1 aliphatic rings. The van der Waals surface area contributed by atoms with Crippen LogP contribution in [0.4, 0.5) is 5.69 Å². The van der Waals surface area contributed by atoms with E-state index in [0.717, 1.165) is 6.54 Å². The van der Waals surface area contributed by atoms with E-state index in [4.69, 9.17) is 0 Å². The molecule has 2 rings (SSSR count). The third-order valence-corrected chi connectivity index (χ3v) is 2.27. The van der Waals surface area contributed by atoms with Crippen LogP contribution in [-0.2, 0) is 0 Å². The second-order valence-electron chi connectivity index (χ2n) is 3.35. The van der Waals surface area contributed by atoms with E-state index in [9.17, 15) is 0 Å². The molecule has 0 atom stereocenters. The summed E-state index contributed by atoms with van der Waals surface area (Å²) >= 11 is 0. The van der Waals surface area contributed by atoms with Crippen LogP contribution in [0.2, 0.25) is 0 Å². The minimum atomic E-state index is 1.02. The van der Waals surface area contributed by atoms with Gasteiger partial charge >= 0.3 is 0 Å². The molecular formula is C13H19N. The number of hydrogen-bond acceptors (Lipinski definition) is 1. The number of nitrogens with zero attached hydrogens (tertiary/aromatic N) is 1. The topological polar surface area (TPSA) is 3.24 Å². The maximum Gasteiger partial charge on any atom is 0.0442 e. The van der Waals surface area contributed by atoms with Crippen molar-refractivity contribution in [3.8, 4) is 0 Å². The van der Waals surface area contributed by atoms with E-state index in [2.05, 4.69) is 49.2 Å². The van der Waals surface area contributed by atoms with Gasteiger partial charge in [0.25, 0.3) is 0 Å². The van der Waals surface area contributed by atoms with Gasteiger partial charge in [0.2, 0.25) is 0 Å². The highest BCUT2D eigenvalue weighted by Crippen LogP contribution is 2.25. The summed E-state index contributed by atoms with van der Waals surface area (Å²) in [5.41, 5.74) is 4.00. The predicted octanol–water partition coefficient (Wildman–Crippen LogP) is 3.48. The highest BCUT2D eigenvalue weighted by Gasteiger charge is 2.07. The Morgan fingerprint density at radius 1 is 1.21 bits per heavy atom. The zero-order valence-electron chi connectivity index (χ0n) is 9.54. The van der Waals surface area contributed by atoms with Crippen LogP contribution in [0.3, 0.4) is 0 Å². The lowest BCUT2D eigenvalue weighted by Gasteiger charge is -2.23. The molecular weight excluding hydrogens is 170 g/mol. The first-order chi connectivity index (χ1) is 6.77. The van der Waals surface area contributed by atoms with Crippen LogP contribution in [0.15, 0.2) is 24.3 Å². The normalized spacial score (nSPS) is 13.0. The molecule has 1 aliphatic heterocycles. The average molecular weight is 189 g/mol. The van der Waals surface area contributed by atoms with Crippen molar-refractivity contribution in [1.82, 2.24) is 0 Å². The first kappa shape index (κ1) is 10.8. The van der Waals surface area contributed by atoms with Crippen LogP contribution in [0.5, 0.6) is 0 Å². The molecule has 0 N–H and O–H groups in total. The van der Waals surface area contributed by atoms with E-state index in [1.165, 1.54) is 16.8 Å². The molecule has 0 spiro atoms. The van der Waals surface area contributed by atoms with Crippen molar-refractivity contribution < 1.29 is 0 Å². The Bertz CT molecular complexity index is 326. The van der Waals surface area contributed by atoms with Gasteiger partial charge in [-0.05, 0) is 24.1 Å². The summed E-state index contributed by atoms with van der Waals surface area (Å²) in [6.45, 7) is 7.16. The van der Waals surface area contributed by atoms with Crippen molar-refractivity contribution >= 4 is 11.8 Å². The van der Waals surface area contributed by atoms with E-state index < -0.39 is 0 Å². The summed E-state index contributed by atoms with van der Waals surface area (Å²) in [5, 5.41) is 0. The second kappa shape index (κ2) is 4.85. The van der Waals surface area contributed by atoms with Crippen LogP contribution in [-0.4, -0.2) is 13.6 Å². The van der Waals surface area contributed by atoms with Crippen LogP contribution in [0.25, 0.3) is 6.08 Å². The van der Waals surface area contributed by atoms with Gasteiger partial charge in [0.05, 0.1) is 0 Å². The van der Waals surface area contributed by atoms with Gasteiger partial charge in [-0.2, -0.15) is 0 Å². The molecule has 0 fully saturated rings. The van der Waals surface area contributed by atoms with E-state index in [1.54, 1.807) is 0 Å². The molecule has 76 valence electrons. The van der Waals surface area contributed by atoms with Gasteiger partial charge in [-0.1, -0.05) is 38.1 Å². The van der Waals surface area contributed by atoms with Gasteiger partial charge < -0.3 is 4.90 Å². The van der Waals surface area contributed by atoms with Crippen LogP contribution < -0.4 is 4.90 Å². The molecule has 0 aromatic heterocycles. The fourth-order valence-electron chi connectivity index (χ4n) is 1.56. The monoisotopic (exact) mass is 189 g/mol. The van der Waals surface area contributed by atoms with E-state index >= 15 is 0 Å². The molecule has 1 nitrogen and oxygen atoms in total. The standard InChI is InChI=1S/C11H13N.C2H6/c1-9-5-6-10-4-3-7-12(2)11(10)8-9;1-2/h3-6,8H,7H2,1-2H3;1-2H3. The van der Waals surface area contributed by atoms with Crippen molar-refractivity contribution in [1.29, 1.82) is 0 Å². The Morgan fingerprint density at radius 2 is 1.93 bits per heavy atom. The molecule has 0 amide bonds. The number of hydrogen-bond donors (Lipinski definition) is 0. The Balaban J connectivity index is 0.000000461. The van der Waals surface area contributed by atoms with Gasteiger partial charge in [0, 0.05) is 19.3 Å². The Hall–Kier alpha value is -1.24. The molecule has 0 bridgehead atoms. The zero-order chi connectivity index (χ0) is 10.6. The van der Waals surface area contributed by atoms with Crippen LogP contribution in [0, 0.1) is 6.92 Å². The number of benzene rings is 1. The lowest BCUT2D eigenvalue weighted by molar-refractivity contribution is 1.02. The predicted molar refractivity (Wildman–Crippen MR) is 64.8 cm³/mol. The number of rotatable bonds is 0. The third-order valence-electron chi connectivity index (χ3n) is 2.27. The van der Waals surface area contributed by atoms with Gasteiger partial charge in [-0.25, -0.2) is 0 Å². The van der Waals surface area contributed by atoms with Crippen molar-refractivity contribution in [2.45, 2.75) is 20.8 Å². The summed E-state index contributed by atoms with van der Waals surface area (Å²) in [7, 11) is 2.13. The largest absolute Gasteiger partial charge is 0.370 e. The average Bonchev–Trinajstić information content (AvgIpc) is 2.22. The maximum absolute atomic E-state index is 2.27. The van der Waals surface area contributed by atoms with Crippen molar-refractivity contribution in [3.63, 3.8) is 0 Å². The van der Waals surface area contributed by atoms with E-state index in [1.807, 2.05) is 13.8 Å². The van der Waals surface area contributed by atoms with Gasteiger partial charge in [-0.15, -0.1) is 0 Å². The number of likely N-dealkylation sites (N-methyl/N-ethyl adjacent to an activating group) is 1. The van der Waals surface area contributed by atoms with Crippen LogP contribution >= 0.6 is 0 Å². The SMILES string of the molecule is CC.Cc1ccc2c(c1)N(C)CC=C2. The summed E-state index contributed by atoms with van der Waals surface area (Å²) in [6, 6.07) is 6.57. The van der Waals surface area contributed by atoms with Crippen molar-refractivity contribution in [2.75, 3.05) is 18.5 Å². The molecule has 1 aromatic rings. The zero-order valence-corrected chi connectivity index (χ0v) is 9.54. The Labute approximate surface area is 87.1 Å². The molecule has 1 heterocycles. The fraction of sp³-hybridized carbons (Fsp3) is 0.385. The second-order valence-corrected chi connectivity index (χ2v) is 3.35. The number of fused-ring (bicyclic) bond motifs is 1. The highest BCUT2D eigenvalue weighted by atomic mass is 15.1. The summed E-state index contributed by atoms with van der Waals surface area (Å²) in [5.74, 6) is 0. The summed E-state index contributed by atoms with van der Waals surface area (Å²) < 4.78 is 0. The molecule has 14 heavy (non-hydrogen) atoms. The van der Waals surface area contributed by atoms with E-state index in [0.29, 0.717) is 0 Å². The Kier molecular flexibility index (Phi) is 3.75. The first-order valence-corrected chi connectivity index (χ1v) is 5.26. The molecule has 0 saturated heterocycles. The fourth-order valence-corrected chi connectivity index (χ4v) is 1.56. The lowest BCUT2D eigenvalue weighted by Crippen LogP contribution is -2.20. The number of aryl methyl sites for hydroxylation is 1. The molecule has 1 heteroatoms. The van der Waals surface area contributed by atoms with Crippen molar-refractivity contribution in [2.24, 2.45) is 0 Å². The first-order valence-electron chi connectivity index (χ1n) is 5.26. The summed E-state index contributed by atoms with van der Waals surface area (Å²) in [4.78, 5) is 2.27. The molecule has 0 aliphatic carbocycles. The van der Waals surface area contributed by atoms with Crippen LogP contribution in [0.1, 0.15) is 25.0 Å². The molecule has 1 aromatic carbocycles. The van der Waals surface area contributed by atoms with Gasteiger partial charge in [0.1, 0.15) is 0 Å². The molecule has 0 radical (unpaired) electrons. The third kappa shape index (κ3) is 2.16. The minimum Gasteiger partial charge on any atom is -0.370 e. The molecule has 0 unspecified atom stereocenters. The van der Waals surface area contributed by atoms with Gasteiger partial charge in [0.15, 0.2) is 0 Å². The van der Waals surface area contributed by atoms with Crippen molar-refractivity contribution in [3.05, 3.63) is 35.4 Å². The highest BCUT2D eigenvalue weighted by molar-refractivity contribution is 5.71. The molecule has 0 saturated carbocycles. The lowest BCUT2D eigenvalue weighted by atomic mass is 10.1. The Morgan fingerprint density at radius 3 is 2.64 bits per heavy atom. The number of anilines is 1.